The number of nitrogens with one attached hydrogen (secondary N) is 1. The SMILES string of the molecule is O=C(Nc1cccnc1-n1cccn1)C1CCN(C(=O)C2CC2)CC1. The van der Waals surface area contributed by atoms with Crippen molar-refractivity contribution in [2.45, 2.75) is 25.7 Å². The Labute approximate surface area is 146 Å². The van der Waals surface area contributed by atoms with Crippen LogP contribution in [0.3, 0.4) is 0 Å². The summed E-state index contributed by atoms with van der Waals surface area (Å²) in [6.07, 6.45) is 8.61. The molecule has 1 aliphatic heterocycles. The van der Waals surface area contributed by atoms with E-state index < -0.39 is 0 Å². The molecule has 0 atom stereocenters. The number of anilines is 1. The van der Waals surface area contributed by atoms with Gasteiger partial charge in [0, 0.05) is 43.5 Å². The smallest absolute Gasteiger partial charge is 0.227 e. The van der Waals surface area contributed by atoms with Crippen molar-refractivity contribution >= 4 is 17.5 Å². The molecular formula is C18H21N5O2. The molecule has 25 heavy (non-hydrogen) atoms. The molecule has 4 rings (SSSR count). The first-order valence-corrected chi connectivity index (χ1v) is 8.77. The third-order valence-electron chi connectivity index (χ3n) is 4.87. The molecule has 1 aliphatic carbocycles. The molecule has 7 nitrogen and oxygen atoms in total. The lowest BCUT2D eigenvalue weighted by Gasteiger charge is -2.31. The normalized spacial score (nSPS) is 18.2. The van der Waals surface area contributed by atoms with Gasteiger partial charge in [-0.25, -0.2) is 9.67 Å². The van der Waals surface area contributed by atoms with Crippen molar-refractivity contribution in [3.8, 4) is 5.82 Å². The van der Waals surface area contributed by atoms with Crippen LogP contribution in [0.1, 0.15) is 25.7 Å². The number of carbonyl (C=O) groups is 2. The fourth-order valence-corrected chi connectivity index (χ4v) is 3.26. The lowest BCUT2D eigenvalue weighted by molar-refractivity contribution is -0.135. The Morgan fingerprint density at radius 1 is 1.04 bits per heavy atom. The van der Waals surface area contributed by atoms with Crippen LogP contribution in [0.15, 0.2) is 36.8 Å². The molecule has 2 amide bonds. The van der Waals surface area contributed by atoms with E-state index in [9.17, 15) is 9.59 Å². The van der Waals surface area contributed by atoms with Crippen molar-refractivity contribution in [1.82, 2.24) is 19.7 Å². The number of carbonyl (C=O) groups excluding carboxylic acids is 2. The van der Waals surface area contributed by atoms with E-state index in [0.717, 1.165) is 12.8 Å². The molecule has 1 saturated carbocycles. The predicted octanol–water partition coefficient (Wildman–Crippen LogP) is 1.85. The Morgan fingerprint density at radius 2 is 1.84 bits per heavy atom. The van der Waals surface area contributed by atoms with Gasteiger partial charge in [-0.1, -0.05) is 0 Å². The molecule has 7 heteroatoms. The predicted molar refractivity (Wildman–Crippen MR) is 92.0 cm³/mol. The van der Waals surface area contributed by atoms with E-state index in [-0.39, 0.29) is 23.7 Å². The zero-order chi connectivity index (χ0) is 17.2. The second-order valence-electron chi connectivity index (χ2n) is 6.69. The van der Waals surface area contributed by atoms with Crippen LogP contribution in [0.4, 0.5) is 5.69 Å². The molecule has 1 saturated heterocycles. The van der Waals surface area contributed by atoms with Crippen molar-refractivity contribution in [2.24, 2.45) is 11.8 Å². The molecule has 2 aliphatic rings. The van der Waals surface area contributed by atoms with Gasteiger partial charge < -0.3 is 10.2 Å². The monoisotopic (exact) mass is 339 g/mol. The number of pyridine rings is 1. The van der Waals surface area contributed by atoms with E-state index in [0.29, 0.717) is 37.4 Å². The van der Waals surface area contributed by atoms with Gasteiger partial charge in [0.1, 0.15) is 0 Å². The lowest BCUT2D eigenvalue weighted by atomic mass is 9.95. The average molecular weight is 339 g/mol. The molecule has 130 valence electrons. The van der Waals surface area contributed by atoms with Gasteiger partial charge in [-0.3, -0.25) is 9.59 Å². The van der Waals surface area contributed by atoms with Gasteiger partial charge in [0.05, 0.1) is 5.69 Å². The number of nitrogens with zero attached hydrogens (tertiary/aromatic N) is 4. The van der Waals surface area contributed by atoms with Gasteiger partial charge in [-0.2, -0.15) is 5.10 Å². The van der Waals surface area contributed by atoms with Crippen LogP contribution in [0.25, 0.3) is 5.82 Å². The lowest BCUT2D eigenvalue weighted by Crippen LogP contribution is -2.42. The molecule has 2 aromatic heterocycles. The highest BCUT2D eigenvalue weighted by Gasteiger charge is 2.36. The van der Waals surface area contributed by atoms with E-state index in [4.69, 9.17) is 0 Å². The van der Waals surface area contributed by atoms with Crippen molar-refractivity contribution in [3.63, 3.8) is 0 Å². The summed E-state index contributed by atoms with van der Waals surface area (Å²) in [5.74, 6) is 1.03. The molecule has 2 aromatic rings. The summed E-state index contributed by atoms with van der Waals surface area (Å²) in [5, 5.41) is 7.16. The summed E-state index contributed by atoms with van der Waals surface area (Å²) in [6.45, 7) is 1.35. The van der Waals surface area contributed by atoms with Gasteiger partial charge in [-0.15, -0.1) is 0 Å². The second-order valence-corrected chi connectivity index (χ2v) is 6.69. The van der Waals surface area contributed by atoms with Gasteiger partial charge in [0.25, 0.3) is 0 Å². The van der Waals surface area contributed by atoms with Crippen molar-refractivity contribution in [3.05, 3.63) is 36.8 Å². The molecular weight excluding hydrogens is 318 g/mol. The van der Waals surface area contributed by atoms with Crippen LogP contribution in [-0.4, -0.2) is 44.6 Å². The van der Waals surface area contributed by atoms with Crippen LogP contribution >= 0.6 is 0 Å². The molecule has 1 N–H and O–H groups in total. The Morgan fingerprint density at radius 3 is 2.52 bits per heavy atom. The van der Waals surface area contributed by atoms with E-state index in [1.165, 1.54) is 0 Å². The Kier molecular flexibility index (Phi) is 4.21. The maximum Gasteiger partial charge on any atom is 0.227 e. The summed E-state index contributed by atoms with van der Waals surface area (Å²) in [6, 6.07) is 5.43. The number of rotatable bonds is 4. The highest BCUT2D eigenvalue weighted by molar-refractivity contribution is 5.94. The minimum Gasteiger partial charge on any atom is -0.342 e. The van der Waals surface area contributed by atoms with Crippen LogP contribution in [0.5, 0.6) is 0 Å². The quantitative estimate of drug-likeness (QED) is 0.922. The Balaban J connectivity index is 1.39. The van der Waals surface area contributed by atoms with Crippen molar-refractivity contribution in [1.29, 1.82) is 0 Å². The third-order valence-corrected chi connectivity index (χ3v) is 4.87. The highest BCUT2D eigenvalue weighted by atomic mass is 16.2. The number of hydrogen-bond acceptors (Lipinski definition) is 4. The van der Waals surface area contributed by atoms with E-state index in [1.54, 1.807) is 29.3 Å². The van der Waals surface area contributed by atoms with Crippen LogP contribution < -0.4 is 5.32 Å². The zero-order valence-electron chi connectivity index (χ0n) is 14.0. The second kappa shape index (κ2) is 6.66. The van der Waals surface area contributed by atoms with Crippen molar-refractivity contribution < 1.29 is 9.59 Å². The molecule has 0 bridgehead atoms. The number of aromatic nitrogens is 3. The topological polar surface area (TPSA) is 80.1 Å². The fourth-order valence-electron chi connectivity index (χ4n) is 3.26. The maximum absolute atomic E-state index is 12.6. The highest BCUT2D eigenvalue weighted by Crippen LogP contribution is 2.32. The first-order chi connectivity index (χ1) is 12.2. The Hall–Kier alpha value is -2.70. The number of amides is 2. The largest absolute Gasteiger partial charge is 0.342 e. The zero-order valence-corrected chi connectivity index (χ0v) is 14.0. The molecule has 0 unspecified atom stereocenters. The first kappa shape index (κ1) is 15.8. The van der Waals surface area contributed by atoms with Gasteiger partial charge in [-0.05, 0) is 43.9 Å². The van der Waals surface area contributed by atoms with Crippen molar-refractivity contribution in [2.75, 3.05) is 18.4 Å². The standard InChI is InChI=1S/C18H21N5O2/c24-17(13-6-11-22(12-7-13)18(25)14-4-5-14)21-15-3-1-8-19-16(15)23-10-2-9-20-23/h1-3,8-10,13-14H,4-7,11-12H2,(H,21,24). The summed E-state index contributed by atoms with van der Waals surface area (Å²) in [4.78, 5) is 31.0. The van der Waals surface area contributed by atoms with Gasteiger partial charge in [0.2, 0.25) is 11.8 Å². The molecule has 0 radical (unpaired) electrons. The summed E-state index contributed by atoms with van der Waals surface area (Å²) < 4.78 is 1.63. The van der Waals surface area contributed by atoms with E-state index in [1.807, 2.05) is 17.0 Å². The Bertz CT molecular complexity index is 762. The van der Waals surface area contributed by atoms with Crippen LogP contribution in [0, 0.1) is 11.8 Å². The number of piperidine rings is 1. The maximum atomic E-state index is 12.6. The summed E-state index contributed by atoms with van der Waals surface area (Å²) in [7, 11) is 0. The summed E-state index contributed by atoms with van der Waals surface area (Å²) >= 11 is 0. The first-order valence-electron chi connectivity index (χ1n) is 8.77. The number of hydrogen-bond donors (Lipinski definition) is 1. The molecule has 0 spiro atoms. The molecule has 0 aromatic carbocycles. The van der Waals surface area contributed by atoms with Gasteiger partial charge in [0.15, 0.2) is 5.82 Å². The van der Waals surface area contributed by atoms with Crippen LogP contribution in [0.2, 0.25) is 0 Å². The van der Waals surface area contributed by atoms with Crippen LogP contribution in [-0.2, 0) is 9.59 Å². The minimum absolute atomic E-state index is 0.0140. The third kappa shape index (κ3) is 3.40. The van der Waals surface area contributed by atoms with E-state index in [2.05, 4.69) is 15.4 Å². The fraction of sp³-hybridized carbons (Fsp3) is 0.444. The molecule has 3 heterocycles. The number of likely N-dealkylation sites (tertiary alicyclic amines) is 1. The van der Waals surface area contributed by atoms with Gasteiger partial charge >= 0.3 is 0 Å². The average Bonchev–Trinajstić information content (AvgIpc) is 3.36. The van der Waals surface area contributed by atoms with E-state index >= 15 is 0 Å². The minimum atomic E-state index is -0.0751. The summed E-state index contributed by atoms with van der Waals surface area (Å²) in [5.41, 5.74) is 0.646. The molecule has 2 fully saturated rings.